The van der Waals surface area contributed by atoms with Gasteiger partial charge in [0.15, 0.2) is 0 Å². The van der Waals surface area contributed by atoms with Crippen molar-refractivity contribution >= 4 is 28.0 Å². The average molecular weight is 353 g/mol. The SMILES string of the molecule is O=C(O)/C=C/c1cc(CCCBr)ccc1OC(F)(F)F. The third kappa shape index (κ3) is 6.10. The van der Waals surface area contributed by atoms with Crippen molar-refractivity contribution in [3.63, 3.8) is 0 Å². The fourth-order valence-electron chi connectivity index (χ4n) is 1.53. The highest BCUT2D eigenvalue weighted by Gasteiger charge is 2.31. The van der Waals surface area contributed by atoms with Crippen LogP contribution in [0.2, 0.25) is 0 Å². The number of ether oxygens (including phenoxy) is 1. The molecule has 0 aliphatic carbocycles. The Bertz CT molecular complexity index is 498. The van der Waals surface area contributed by atoms with E-state index in [0.717, 1.165) is 29.5 Å². The van der Waals surface area contributed by atoms with E-state index in [1.807, 2.05) is 0 Å². The minimum Gasteiger partial charge on any atom is -0.478 e. The number of benzene rings is 1. The van der Waals surface area contributed by atoms with Crippen LogP contribution in [0.5, 0.6) is 5.75 Å². The fraction of sp³-hybridized carbons (Fsp3) is 0.308. The van der Waals surface area contributed by atoms with Crippen LogP contribution in [0.1, 0.15) is 17.5 Å². The molecule has 1 N–H and O–H groups in total. The molecule has 0 aliphatic heterocycles. The van der Waals surface area contributed by atoms with Crippen LogP contribution in [0.15, 0.2) is 24.3 Å². The van der Waals surface area contributed by atoms with Gasteiger partial charge in [-0.2, -0.15) is 0 Å². The Balaban J connectivity index is 3.06. The van der Waals surface area contributed by atoms with Gasteiger partial charge >= 0.3 is 12.3 Å². The zero-order valence-corrected chi connectivity index (χ0v) is 11.9. The minimum atomic E-state index is -4.82. The van der Waals surface area contributed by atoms with Crippen LogP contribution < -0.4 is 4.74 Å². The number of aliphatic carboxylic acids is 1. The van der Waals surface area contributed by atoms with Crippen LogP contribution in [-0.2, 0) is 11.2 Å². The second-order valence-electron chi connectivity index (χ2n) is 3.88. The van der Waals surface area contributed by atoms with Gasteiger partial charge in [0, 0.05) is 17.0 Å². The lowest BCUT2D eigenvalue weighted by Gasteiger charge is -2.12. The summed E-state index contributed by atoms with van der Waals surface area (Å²) in [5.41, 5.74) is 0.890. The molecule has 0 saturated carbocycles. The highest BCUT2D eigenvalue weighted by Crippen LogP contribution is 2.28. The summed E-state index contributed by atoms with van der Waals surface area (Å²) in [4.78, 5) is 10.5. The Hall–Kier alpha value is -1.50. The van der Waals surface area contributed by atoms with Gasteiger partial charge in [-0.25, -0.2) is 4.79 Å². The third-order valence-corrected chi connectivity index (χ3v) is 2.87. The van der Waals surface area contributed by atoms with Crippen LogP contribution in [-0.4, -0.2) is 22.8 Å². The van der Waals surface area contributed by atoms with Crippen molar-refractivity contribution in [1.82, 2.24) is 0 Å². The van der Waals surface area contributed by atoms with Gasteiger partial charge in [-0.3, -0.25) is 0 Å². The van der Waals surface area contributed by atoms with E-state index in [-0.39, 0.29) is 5.56 Å². The van der Waals surface area contributed by atoms with Gasteiger partial charge in [-0.15, -0.1) is 13.2 Å². The van der Waals surface area contributed by atoms with E-state index in [2.05, 4.69) is 20.7 Å². The van der Waals surface area contributed by atoms with E-state index in [9.17, 15) is 18.0 Å². The Kier molecular flexibility index (Phi) is 6.06. The number of aryl methyl sites for hydroxylation is 1. The number of carboxylic acid groups (broad SMARTS) is 1. The van der Waals surface area contributed by atoms with Crippen molar-refractivity contribution in [2.45, 2.75) is 19.2 Å². The smallest absolute Gasteiger partial charge is 0.478 e. The largest absolute Gasteiger partial charge is 0.573 e. The summed E-state index contributed by atoms with van der Waals surface area (Å²) in [5.74, 6) is -1.66. The standard InChI is InChI=1S/C13H12BrF3O3/c14-7-1-2-9-3-5-11(20-13(15,16)17)10(8-9)4-6-12(18)19/h3-6,8H,1-2,7H2,(H,18,19)/b6-4+. The lowest BCUT2D eigenvalue weighted by atomic mass is 10.1. The van der Waals surface area contributed by atoms with Gasteiger partial charge in [0.05, 0.1) is 0 Å². The maximum Gasteiger partial charge on any atom is 0.573 e. The highest BCUT2D eigenvalue weighted by atomic mass is 79.9. The molecule has 0 amide bonds. The molecular weight excluding hydrogens is 341 g/mol. The number of alkyl halides is 4. The molecule has 0 saturated heterocycles. The normalized spacial score (nSPS) is 11.8. The topological polar surface area (TPSA) is 46.5 Å². The van der Waals surface area contributed by atoms with Crippen LogP contribution >= 0.6 is 15.9 Å². The molecule has 7 heteroatoms. The summed E-state index contributed by atoms with van der Waals surface area (Å²) in [5, 5.41) is 9.32. The number of carbonyl (C=O) groups is 1. The van der Waals surface area contributed by atoms with Crippen molar-refractivity contribution in [3.8, 4) is 5.75 Å². The van der Waals surface area contributed by atoms with E-state index in [1.165, 1.54) is 18.2 Å². The monoisotopic (exact) mass is 352 g/mol. The van der Waals surface area contributed by atoms with Crippen LogP contribution in [0.4, 0.5) is 13.2 Å². The van der Waals surface area contributed by atoms with Gasteiger partial charge in [0.25, 0.3) is 0 Å². The molecule has 0 unspecified atom stereocenters. The summed E-state index contributed by atoms with van der Waals surface area (Å²) in [6.07, 6.45) is -1.47. The molecule has 1 aromatic rings. The number of halogens is 4. The maximum atomic E-state index is 12.3. The molecule has 0 atom stereocenters. The van der Waals surface area contributed by atoms with E-state index < -0.39 is 18.1 Å². The van der Waals surface area contributed by atoms with Gasteiger partial charge < -0.3 is 9.84 Å². The summed E-state index contributed by atoms with van der Waals surface area (Å²) < 4.78 is 40.6. The van der Waals surface area contributed by atoms with Crippen molar-refractivity contribution < 1.29 is 27.8 Å². The molecule has 0 aromatic heterocycles. The van der Waals surface area contributed by atoms with Gasteiger partial charge in [0.1, 0.15) is 5.75 Å². The van der Waals surface area contributed by atoms with Gasteiger partial charge in [-0.1, -0.05) is 22.0 Å². The molecule has 1 aromatic carbocycles. The molecular formula is C13H12BrF3O3. The zero-order chi connectivity index (χ0) is 15.2. The molecule has 0 aliphatic rings. The van der Waals surface area contributed by atoms with Gasteiger partial charge in [0.2, 0.25) is 0 Å². The van der Waals surface area contributed by atoms with E-state index in [1.54, 1.807) is 0 Å². The molecule has 110 valence electrons. The van der Waals surface area contributed by atoms with E-state index >= 15 is 0 Å². The molecule has 0 spiro atoms. The van der Waals surface area contributed by atoms with Gasteiger partial charge in [-0.05, 0) is 36.6 Å². The first-order valence-electron chi connectivity index (χ1n) is 5.67. The Morgan fingerprint density at radius 1 is 1.40 bits per heavy atom. The van der Waals surface area contributed by atoms with Crippen LogP contribution in [0.3, 0.4) is 0 Å². The lowest BCUT2D eigenvalue weighted by molar-refractivity contribution is -0.274. The minimum absolute atomic E-state index is 0.0804. The molecule has 20 heavy (non-hydrogen) atoms. The molecule has 0 radical (unpaired) electrons. The predicted octanol–water partition coefficient (Wildman–Crippen LogP) is 4.01. The molecule has 3 nitrogen and oxygen atoms in total. The number of carboxylic acids is 1. The maximum absolute atomic E-state index is 12.3. The fourth-order valence-corrected chi connectivity index (χ4v) is 1.81. The molecule has 0 heterocycles. The Morgan fingerprint density at radius 2 is 2.10 bits per heavy atom. The third-order valence-electron chi connectivity index (χ3n) is 2.30. The second kappa shape index (κ2) is 7.33. The number of hydrogen-bond acceptors (Lipinski definition) is 2. The summed E-state index contributed by atoms with van der Waals surface area (Å²) in [7, 11) is 0. The Morgan fingerprint density at radius 3 is 2.65 bits per heavy atom. The van der Waals surface area contributed by atoms with Crippen molar-refractivity contribution in [2.75, 3.05) is 5.33 Å². The first kappa shape index (κ1) is 16.6. The molecule has 0 bridgehead atoms. The zero-order valence-electron chi connectivity index (χ0n) is 10.3. The molecule has 0 fully saturated rings. The van der Waals surface area contributed by atoms with E-state index in [0.29, 0.717) is 6.42 Å². The summed E-state index contributed by atoms with van der Waals surface area (Å²) in [6, 6.07) is 4.21. The lowest BCUT2D eigenvalue weighted by Crippen LogP contribution is -2.17. The van der Waals surface area contributed by atoms with Crippen molar-refractivity contribution in [3.05, 3.63) is 35.4 Å². The first-order valence-corrected chi connectivity index (χ1v) is 6.79. The summed E-state index contributed by atoms with van der Waals surface area (Å²) in [6.45, 7) is 0. The first-order chi connectivity index (χ1) is 9.31. The van der Waals surface area contributed by atoms with E-state index in [4.69, 9.17) is 5.11 Å². The second-order valence-corrected chi connectivity index (χ2v) is 4.68. The average Bonchev–Trinajstić information content (AvgIpc) is 2.34. The predicted molar refractivity (Wildman–Crippen MR) is 71.9 cm³/mol. The van der Waals surface area contributed by atoms with Crippen molar-refractivity contribution in [1.29, 1.82) is 0 Å². The summed E-state index contributed by atoms with van der Waals surface area (Å²) >= 11 is 3.26. The number of rotatable bonds is 6. The molecule has 1 rings (SSSR count). The van der Waals surface area contributed by atoms with Crippen LogP contribution in [0.25, 0.3) is 6.08 Å². The quantitative estimate of drug-likeness (QED) is 0.621. The highest BCUT2D eigenvalue weighted by molar-refractivity contribution is 9.09. The van der Waals surface area contributed by atoms with Crippen molar-refractivity contribution in [2.24, 2.45) is 0 Å². The Labute approximate surface area is 122 Å². The van der Waals surface area contributed by atoms with Crippen LogP contribution in [0, 0.1) is 0 Å². The number of hydrogen-bond donors (Lipinski definition) is 1.